The lowest BCUT2D eigenvalue weighted by molar-refractivity contribution is -0.141. The van der Waals surface area contributed by atoms with Gasteiger partial charge in [-0.3, -0.25) is 14.4 Å². The van der Waals surface area contributed by atoms with Crippen LogP contribution in [0.1, 0.15) is 42.1 Å². The van der Waals surface area contributed by atoms with Crippen LogP contribution in [-0.4, -0.2) is 84.0 Å². The van der Waals surface area contributed by atoms with Gasteiger partial charge in [-0.05, 0) is 25.6 Å². The molecule has 2 fully saturated rings. The number of piperazine rings is 1. The first-order valence-electron chi connectivity index (χ1n) is 10.8. The fourth-order valence-corrected chi connectivity index (χ4v) is 4.42. The SMILES string of the molecule is CCN1CCN(C(=O)CN2CCC3(CCC2=O)NC(=O)c2cc(C)ccc2O3)CC1. The van der Waals surface area contributed by atoms with Crippen LogP contribution in [0.5, 0.6) is 5.75 Å². The highest BCUT2D eigenvalue weighted by Gasteiger charge is 2.43. The number of carbonyl (C=O) groups is 3. The number of amides is 3. The molecule has 1 atom stereocenters. The predicted molar refractivity (Wildman–Crippen MR) is 111 cm³/mol. The molecule has 0 radical (unpaired) electrons. The molecule has 0 saturated carbocycles. The number of likely N-dealkylation sites (N-methyl/N-ethyl adjacent to an activating group) is 1. The summed E-state index contributed by atoms with van der Waals surface area (Å²) in [5.74, 6) is 0.297. The van der Waals surface area contributed by atoms with E-state index in [-0.39, 0.29) is 30.7 Å². The first-order chi connectivity index (χ1) is 14.4. The Bertz CT molecular complexity index is 850. The van der Waals surface area contributed by atoms with Gasteiger partial charge in [0.1, 0.15) is 5.75 Å². The second-order valence-corrected chi connectivity index (χ2v) is 8.43. The van der Waals surface area contributed by atoms with E-state index in [9.17, 15) is 14.4 Å². The Labute approximate surface area is 177 Å². The number of rotatable bonds is 3. The normalized spacial score (nSPS) is 24.9. The van der Waals surface area contributed by atoms with Crippen LogP contribution < -0.4 is 10.1 Å². The molecule has 0 aromatic heterocycles. The summed E-state index contributed by atoms with van der Waals surface area (Å²) in [6.07, 6.45) is 1.08. The molecule has 0 aliphatic carbocycles. The molecule has 1 spiro atoms. The number of aryl methyl sites for hydroxylation is 1. The Hall–Kier alpha value is -2.61. The minimum atomic E-state index is -0.903. The number of likely N-dealkylation sites (tertiary alicyclic amines) is 1. The summed E-state index contributed by atoms with van der Waals surface area (Å²) in [6, 6.07) is 5.54. The van der Waals surface area contributed by atoms with Gasteiger partial charge in [-0.1, -0.05) is 18.6 Å². The molecule has 1 aromatic rings. The van der Waals surface area contributed by atoms with Crippen molar-refractivity contribution in [3.05, 3.63) is 29.3 Å². The molecule has 8 heteroatoms. The van der Waals surface area contributed by atoms with E-state index in [1.165, 1.54) is 0 Å². The number of hydrogen-bond donors (Lipinski definition) is 1. The maximum atomic E-state index is 12.7. The molecule has 3 aliphatic heterocycles. The molecule has 0 bridgehead atoms. The molecular weight excluding hydrogens is 384 g/mol. The first kappa shape index (κ1) is 20.7. The molecule has 1 unspecified atom stereocenters. The maximum Gasteiger partial charge on any atom is 0.258 e. The second-order valence-electron chi connectivity index (χ2n) is 8.43. The second kappa shape index (κ2) is 8.26. The molecule has 30 heavy (non-hydrogen) atoms. The first-order valence-corrected chi connectivity index (χ1v) is 10.8. The molecule has 3 aliphatic rings. The molecule has 4 rings (SSSR count). The van der Waals surface area contributed by atoms with Gasteiger partial charge >= 0.3 is 0 Å². The Morgan fingerprint density at radius 2 is 1.90 bits per heavy atom. The van der Waals surface area contributed by atoms with Crippen LogP contribution in [0.4, 0.5) is 0 Å². The standard InChI is InChI=1S/C22H30N4O4/c1-3-24-10-12-25(13-11-24)20(28)15-26-9-8-22(7-6-19(26)27)23-21(29)17-14-16(2)4-5-18(17)30-22/h4-5,14H,3,6-13,15H2,1-2H3,(H,23,29). The van der Waals surface area contributed by atoms with Gasteiger partial charge in [0.05, 0.1) is 12.1 Å². The third-order valence-electron chi connectivity index (χ3n) is 6.41. The number of carbonyl (C=O) groups excluding carboxylic acids is 3. The van der Waals surface area contributed by atoms with Crippen LogP contribution in [0, 0.1) is 6.92 Å². The quantitative estimate of drug-likeness (QED) is 0.798. The summed E-state index contributed by atoms with van der Waals surface area (Å²) in [5.41, 5.74) is 0.609. The van der Waals surface area contributed by atoms with E-state index in [1.807, 2.05) is 30.0 Å². The molecule has 1 N–H and O–H groups in total. The average Bonchev–Trinajstić information content (AvgIpc) is 2.89. The zero-order chi connectivity index (χ0) is 21.3. The molecule has 1 aromatic carbocycles. The minimum absolute atomic E-state index is 0.00975. The van der Waals surface area contributed by atoms with Crippen LogP contribution in [0.2, 0.25) is 0 Å². The number of fused-ring (bicyclic) bond motifs is 1. The van der Waals surface area contributed by atoms with Crippen molar-refractivity contribution in [1.82, 2.24) is 20.0 Å². The maximum absolute atomic E-state index is 12.7. The molecule has 3 amide bonds. The summed E-state index contributed by atoms with van der Waals surface area (Å²) in [7, 11) is 0. The molecule has 8 nitrogen and oxygen atoms in total. The Balaban J connectivity index is 1.40. The zero-order valence-electron chi connectivity index (χ0n) is 17.8. The fraction of sp³-hybridized carbons (Fsp3) is 0.591. The van der Waals surface area contributed by atoms with Crippen molar-refractivity contribution in [2.24, 2.45) is 0 Å². The van der Waals surface area contributed by atoms with Crippen LogP contribution in [0.25, 0.3) is 0 Å². The summed E-state index contributed by atoms with van der Waals surface area (Å²) < 4.78 is 6.20. The van der Waals surface area contributed by atoms with E-state index in [0.29, 0.717) is 43.8 Å². The van der Waals surface area contributed by atoms with E-state index in [4.69, 9.17) is 4.74 Å². The van der Waals surface area contributed by atoms with Crippen LogP contribution in [0.3, 0.4) is 0 Å². The third kappa shape index (κ3) is 4.14. The van der Waals surface area contributed by atoms with Gasteiger partial charge in [0, 0.05) is 52.0 Å². The topological polar surface area (TPSA) is 82.2 Å². The molecular formula is C22H30N4O4. The van der Waals surface area contributed by atoms with E-state index < -0.39 is 5.72 Å². The highest BCUT2D eigenvalue weighted by atomic mass is 16.5. The van der Waals surface area contributed by atoms with Crippen molar-refractivity contribution >= 4 is 17.7 Å². The van der Waals surface area contributed by atoms with Crippen molar-refractivity contribution in [2.45, 2.75) is 38.8 Å². The zero-order valence-corrected chi connectivity index (χ0v) is 17.8. The van der Waals surface area contributed by atoms with Gasteiger partial charge in [-0.2, -0.15) is 0 Å². The van der Waals surface area contributed by atoms with Crippen molar-refractivity contribution < 1.29 is 19.1 Å². The molecule has 162 valence electrons. The summed E-state index contributed by atoms with van der Waals surface area (Å²) in [6.45, 7) is 8.65. The summed E-state index contributed by atoms with van der Waals surface area (Å²) in [4.78, 5) is 43.9. The van der Waals surface area contributed by atoms with Crippen molar-refractivity contribution in [1.29, 1.82) is 0 Å². The van der Waals surface area contributed by atoms with E-state index in [0.717, 1.165) is 25.2 Å². The Morgan fingerprint density at radius 3 is 2.63 bits per heavy atom. The monoisotopic (exact) mass is 414 g/mol. The van der Waals surface area contributed by atoms with E-state index >= 15 is 0 Å². The van der Waals surface area contributed by atoms with Gasteiger partial charge in [0.2, 0.25) is 11.8 Å². The van der Waals surface area contributed by atoms with E-state index in [2.05, 4.69) is 17.1 Å². The number of ether oxygens (including phenoxy) is 1. The molecule has 2 saturated heterocycles. The minimum Gasteiger partial charge on any atom is -0.467 e. The highest BCUT2D eigenvalue weighted by molar-refractivity contribution is 5.98. The largest absolute Gasteiger partial charge is 0.467 e. The number of nitrogens with zero attached hydrogens (tertiary/aromatic N) is 3. The Kier molecular flexibility index (Phi) is 5.69. The number of benzene rings is 1. The lowest BCUT2D eigenvalue weighted by Crippen LogP contribution is -2.56. The lowest BCUT2D eigenvalue weighted by Gasteiger charge is -2.38. The predicted octanol–water partition coefficient (Wildman–Crippen LogP) is 0.990. The fourth-order valence-electron chi connectivity index (χ4n) is 4.42. The van der Waals surface area contributed by atoms with Crippen LogP contribution in [0.15, 0.2) is 18.2 Å². The molecule has 3 heterocycles. The van der Waals surface area contributed by atoms with Gasteiger partial charge in [0.25, 0.3) is 5.91 Å². The number of nitrogens with one attached hydrogen (secondary N) is 1. The van der Waals surface area contributed by atoms with Gasteiger partial charge in [0.15, 0.2) is 5.72 Å². The smallest absolute Gasteiger partial charge is 0.258 e. The summed E-state index contributed by atoms with van der Waals surface area (Å²) >= 11 is 0. The van der Waals surface area contributed by atoms with Gasteiger partial charge in [-0.15, -0.1) is 0 Å². The van der Waals surface area contributed by atoms with Crippen molar-refractivity contribution in [3.63, 3.8) is 0 Å². The number of hydrogen-bond acceptors (Lipinski definition) is 5. The lowest BCUT2D eigenvalue weighted by atomic mass is 9.99. The Morgan fingerprint density at radius 1 is 1.13 bits per heavy atom. The summed E-state index contributed by atoms with van der Waals surface area (Å²) in [5, 5.41) is 2.98. The van der Waals surface area contributed by atoms with Gasteiger partial charge in [-0.25, -0.2) is 0 Å². The van der Waals surface area contributed by atoms with Crippen LogP contribution in [-0.2, 0) is 9.59 Å². The van der Waals surface area contributed by atoms with Crippen LogP contribution >= 0.6 is 0 Å². The van der Waals surface area contributed by atoms with E-state index in [1.54, 1.807) is 4.90 Å². The van der Waals surface area contributed by atoms with Crippen molar-refractivity contribution in [3.8, 4) is 5.75 Å². The van der Waals surface area contributed by atoms with Crippen molar-refractivity contribution in [2.75, 3.05) is 45.8 Å². The average molecular weight is 415 g/mol. The highest BCUT2D eigenvalue weighted by Crippen LogP contribution is 2.34. The van der Waals surface area contributed by atoms with Gasteiger partial charge < -0.3 is 24.8 Å². The third-order valence-corrected chi connectivity index (χ3v) is 6.41.